The lowest BCUT2D eigenvalue weighted by atomic mass is 10.2. The Kier molecular flexibility index (Phi) is 4.28. The summed E-state index contributed by atoms with van der Waals surface area (Å²) in [7, 11) is 0. The van der Waals surface area contributed by atoms with Gasteiger partial charge in [-0.05, 0) is 24.3 Å². The van der Waals surface area contributed by atoms with Crippen LogP contribution < -0.4 is 10.5 Å². The highest BCUT2D eigenvalue weighted by atomic mass is 79.9. The Morgan fingerprint density at radius 3 is 2.72 bits per heavy atom. The molecular weight excluding hydrogens is 299 g/mol. The maximum absolute atomic E-state index is 13.5. The van der Waals surface area contributed by atoms with E-state index in [2.05, 4.69) is 20.9 Å². The van der Waals surface area contributed by atoms with Crippen LogP contribution >= 0.6 is 15.9 Å². The first-order valence-corrected chi connectivity index (χ1v) is 6.20. The highest BCUT2D eigenvalue weighted by Gasteiger charge is 2.04. The zero-order valence-corrected chi connectivity index (χ0v) is 11.2. The molecular formula is C13H12BrFN2O. The summed E-state index contributed by atoms with van der Waals surface area (Å²) in [5.41, 5.74) is 6.73. The maximum Gasteiger partial charge on any atom is 0.138 e. The van der Waals surface area contributed by atoms with Crippen molar-refractivity contribution in [3.05, 3.63) is 58.1 Å². The molecule has 0 aliphatic carbocycles. The van der Waals surface area contributed by atoms with Crippen molar-refractivity contribution in [3.8, 4) is 5.75 Å². The molecule has 0 fully saturated rings. The number of hydrogen-bond donors (Lipinski definition) is 1. The van der Waals surface area contributed by atoms with E-state index in [9.17, 15) is 4.39 Å². The molecule has 1 heterocycles. The first kappa shape index (κ1) is 13.0. The van der Waals surface area contributed by atoms with E-state index in [4.69, 9.17) is 10.5 Å². The highest BCUT2D eigenvalue weighted by Crippen LogP contribution is 2.17. The van der Waals surface area contributed by atoms with Crippen LogP contribution in [-0.4, -0.2) is 4.98 Å². The molecule has 0 atom stereocenters. The largest absolute Gasteiger partial charge is 0.487 e. The minimum atomic E-state index is -0.295. The summed E-state index contributed by atoms with van der Waals surface area (Å²) in [6.07, 6.45) is 1.58. The Balaban J connectivity index is 2.02. The van der Waals surface area contributed by atoms with Crippen LogP contribution in [0.5, 0.6) is 5.75 Å². The van der Waals surface area contributed by atoms with Crippen LogP contribution in [0.15, 0.2) is 41.0 Å². The van der Waals surface area contributed by atoms with Gasteiger partial charge in [0.25, 0.3) is 0 Å². The maximum atomic E-state index is 13.5. The lowest BCUT2D eigenvalue weighted by Gasteiger charge is -2.07. The molecule has 5 heteroatoms. The number of aromatic nitrogens is 1. The third-order valence-electron chi connectivity index (χ3n) is 2.42. The third kappa shape index (κ3) is 3.27. The van der Waals surface area contributed by atoms with Crippen LogP contribution in [0.1, 0.15) is 11.3 Å². The molecule has 94 valence electrons. The predicted molar refractivity (Wildman–Crippen MR) is 70.6 cm³/mol. The second-order valence-electron chi connectivity index (χ2n) is 3.71. The fourth-order valence-corrected chi connectivity index (χ4v) is 1.75. The molecule has 0 aliphatic heterocycles. The van der Waals surface area contributed by atoms with Gasteiger partial charge < -0.3 is 10.5 Å². The van der Waals surface area contributed by atoms with Gasteiger partial charge in [0.1, 0.15) is 18.2 Å². The van der Waals surface area contributed by atoms with E-state index in [-0.39, 0.29) is 12.4 Å². The summed E-state index contributed by atoms with van der Waals surface area (Å²) in [6.45, 7) is 0.560. The van der Waals surface area contributed by atoms with Crippen molar-refractivity contribution in [3.63, 3.8) is 0 Å². The van der Waals surface area contributed by atoms with Crippen LogP contribution in [-0.2, 0) is 13.2 Å². The van der Waals surface area contributed by atoms with Crippen LogP contribution in [0.25, 0.3) is 0 Å². The van der Waals surface area contributed by atoms with E-state index in [1.165, 1.54) is 6.07 Å². The third-order valence-corrected chi connectivity index (χ3v) is 2.91. The first-order valence-electron chi connectivity index (χ1n) is 5.41. The number of hydrogen-bond acceptors (Lipinski definition) is 3. The van der Waals surface area contributed by atoms with Gasteiger partial charge in [0.15, 0.2) is 0 Å². The molecule has 1 aromatic carbocycles. The fourth-order valence-electron chi connectivity index (χ4n) is 1.42. The van der Waals surface area contributed by atoms with Gasteiger partial charge in [-0.1, -0.05) is 22.0 Å². The molecule has 1 aromatic heterocycles. The molecule has 3 nitrogen and oxygen atoms in total. The summed E-state index contributed by atoms with van der Waals surface area (Å²) >= 11 is 3.21. The van der Waals surface area contributed by atoms with Crippen molar-refractivity contribution in [1.82, 2.24) is 4.98 Å². The molecule has 2 N–H and O–H groups in total. The Morgan fingerprint density at radius 2 is 2.11 bits per heavy atom. The Hall–Kier alpha value is -1.46. The lowest BCUT2D eigenvalue weighted by molar-refractivity contribution is 0.298. The summed E-state index contributed by atoms with van der Waals surface area (Å²) < 4.78 is 19.7. The van der Waals surface area contributed by atoms with E-state index in [1.54, 1.807) is 30.5 Å². The van der Waals surface area contributed by atoms with E-state index < -0.39 is 0 Å². The summed E-state index contributed by atoms with van der Waals surface area (Å²) in [6, 6.07) is 8.42. The Morgan fingerprint density at radius 1 is 1.28 bits per heavy atom. The number of benzene rings is 1. The number of rotatable bonds is 4. The standard InChI is InChI=1S/C13H12BrFN2O/c14-10-2-1-9(13(15)5-10)8-18-12-4-3-11(6-16)17-7-12/h1-5,7H,6,8,16H2. The molecule has 0 aliphatic rings. The van der Waals surface area contributed by atoms with Crippen molar-refractivity contribution in [2.75, 3.05) is 0 Å². The molecule has 0 radical (unpaired) electrons. The number of halogens is 2. The fraction of sp³-hybridized carbons (Fsp3) is 0.154. The van der Waals surface area contributed by atoms with Gasteiger partial charge in [-0.3, -0.25) is 4.98 Å². The van der Waals surface area contributed by atoms with Crippen molar-refractivity contribution >= 4 is 15.9 Å². The second-order valence-corrected chi connectivity index (χ2v) is 4.63. The minimum absolute atomic E-state index is 0.169. The summed E-state index contributed by atoms with van der Waals surface area (Å²) in [5, 5.41) is 0. The first-order chi connectivity index (χ1) is 8.69. The average molecular weight is 311 g/mol. The van der Waals surface area contributed by atoms with Crippen molar-refractivity contribution in [2.45, 2.75) is 13.2 Å². The smallest absolute Gasteiger partial charge is 0.138 e. The lowest BCUT2D eigenvalue weighted by Crippen LogP contribution is -2.01. The molecule has 0 spiro atoms. The molecule has 0 bridgehead atoms. The minimum Gasteiger partial charge on any atom is -0.487 e. The number of pyridine rings is 1. The normalized spacial score (nSPS) is 10.4. The van der Waals surface area contributed by atoms with Gasteiger partial charge in [0.2, 0.25) is 0 Å². The van der Waals surface area contributed by atoms with Crippen LogP contribution in [0.3, 0.4) is 0 Å². The van der Waals surface area contributed by atoms with Gasteiger partial charge in [-0.2, -0.15) is 0 Å². The van der Waals surface area contributed by atoms with E-state index >= 15 is 0 Å². The molecule has 0 amide bonds. The van der Waals surface area contributed by atoms with E-state index in [0.29, 0.717) is 22.3 Å². The van der Waals surface area contributed by atoms with E-state index in [1.807, 2.05) is 0 Å². The zero-order chi connectivity index (χ0) is 13.0. The molecule has 18 heavy (non-hydrogen) atoms. The predicted octanol–water partition coefficient (Wildman–Crippen LogP) is 3.02. The molecule has 0 saturated carbocycles. The SMILES string of the molecule is NCc1ccc(OCc2ccc(Br)cc2F)cn1. The Labute approximate surface area is 113 Å². The van der Waals surface area contributed by atoms with Gasteiger partial charge >= 0.3 is 0 Å². The van der Waals surface area contributed by atoms with Crippen LogP contribution in [0.2, 0.25) is 0 Å². The van der Waals surface area contributed by atoms with Crippen LogP contribution in [0.4, 0.5) is 4.39 Å². The van der Waals surface area contributed by atoms with Crippen LogP contribution in [0, 0.1) is 5.82 Å². The van der Waals surface area contributed by atoms with Crippen molar-refractivity contribution in [1.29, 1.82) is 0 Å². The molecule has 2 rings (SSSR count). The summed E-state index contributed by atoms with van der Waals surface area (Å²) in [4.78, 5) is 4.09. The van der Waals surface area contributed by atoms with Gasteiger partial charge in [-0.25, -0.2) is 4.39 Å². The molecule has 0 unspecified atom stereocenters. The van der Waals surface area contributed by atoms with Gasteiger partial charge in [-0.15, -0.1) is 0 Å². The van der Waals surface area contributed by atoms with Crippen molar-refractivity contribution < 1.29 is 9.13 Å². The summed E-state index contributed by atoms with van der Waals surface area (Å²) in [5.74, 6) is 0.297. The Bertz CT molecular complexity index is 531. The quantitative estimate of drug-likeness (QED) is 0.944. The topological polar surface area (TPSA) is 48.1 Å². The number of nitrogens with zero attached hydrogens (tertiary/aromatic N) is 1. The average Bonchev–Trinajstić information content (AvgIpc) is 2.38. The molecule has 2 aromatic rings. The second kappa shape index (κ2) is 5.93. The number of ether oxygens (including phenoxy) is 1. The molecule has 0 saturated heterocycles. The van der Waals surface area contributed by atoms with Crippen molar-refractivity contribution in [2.24, 2.45) is 5.73 Å². The number of nitrogens with two attached hydrogens (primary N) is 1. The van der Waals surface area contributed by atoms with E-state index in [0.717, 1.165) is 5.69 Å². The van der Waals surface area contributed by atoms with Gasteiger partial charge in [0, 0.05) is 16.6 Å². The van der Waals surface area contributed by atoms with Gasteiger partial charge in [0.05, 0.1) is 11.9 Å². The highest BCUT2D eigenvalue weighted by molar-refractivity contribution is 9.10. The zero-order valence-electron chi connectivity index (χ0n) is 9.57. The monoisotopic (exact) mass is 310 g/mol.